The van der Waals surface area contributed by atoms with E-state index in [1.807, 2.05) is 0 Å². The first kappa shape index (κ1) is 9.33. The molecule has 0 radical (unpaired) electrons. The molecule has 3 rings (SSSR count). The average molecular weight is 214 g/mol. The smallest absolute Gasteiger partial charge is 0.104 e. The summed E-state index contributed by atoms with van der Waals surface area (Å²) in [5.74, 6) is 0.670. The Morgan fingerprint density at radius 1 is 1.21 bits per heavy atom. The number of hydrogen-bond acceptors (Lipinski definition) is 3. The van der Waals surface area contributed by atoms with Crippen molar-refractivity contribution in [1.82, 2.24) is 0 Å². The van der Waals surface area contributed by atoms with E-state index in [2.05, 4.69) is 0 Å². The van der Waals surface area contributed by atoms with Gasteiger partial charge in [0, 0.05) is 16.2 Å². The first-order chi connectivity index (χ1) is 6.83. The van der Waals surface area contributed by atoms with Gasteiger partial charge in [-0.05, 0) is 18.4 Å². The molecule has 3 aliphatic rings. The zero-order valence-corrected chi connectivity index (χ0v) is 10.6. The van der Waals surface area contributed by atoms with E-state index >= 15 is 0 Å². The first-order valence-corrected chi connectivity index (χ1v) is 6.83. The van der Waals surface area contributed by atoms with E-state index < -0.39 is 0 Å². The van der Waals surface area contributed by atoms with Crippen molar-refractivity contribution in [1.29, 1.82) is 0 Å². The fourth-order valence-electron chi connectivity index (χ4n) is 2.66. The molecule has 3 heterocycles. The number of rotatable bonds is 4. The number of ether oxygens (including phenoxy) is 3. The molecule has 4 heteroatoms. The van der Waals surface area contributed by atoms with Gasteiger partial charge in [-0.3, -0.25) is 0 Å². The van der Waals surface area contributed by atoms with Gasteiger partial charge in [0.05, 0.1) is 32.0 Å². The van der Waals surface area contributed by atoms with E-state index in [1.54, 1.807) is 0 Å². The van der Waals surface area contributed by atoms with Crippen LogP contribution in [0.4, 0.5) is 0 Å². The van der Waals surface area contributed by atoms with Gasteiger partial charge in [0.1, 0.15) is 6.10 Å². The Morgan fingerprint density at radius 2 is 2.07 bits per heavy atom. The zero-order valence-electron chi connectivity index (χ0n) is 8.65. The van der Waals surface area contributed by atoms with Crippen LogP contribution in [0.3, 0.4) is 0 Å². The Kier molecular flexibility index (Phi) is 2.39. The van der Waals surface area contributed by atoms with E-state index in [0.717, 1.165) is 25.4 Å². The third-order valence-electron chi connectivity index (χ3n) is 3.69. The predicted molar refractivity (Wildman–Crippen MR) is 55.6 cm³/mol. The van der Waals surface area contributed by atoms with Crippen LogP contribution < -0.4 is 0 Å². The average Bonchev–Trinajstić information content (AvgIpc) is 2.80. The molecule has 3 fully saturated rings. The predicted octanol–water partition coefficient (Wildman–Crippen LogP) is -0.267. The monoisotopic (exact) mass is 214 g/mol. The summed E-state index contributed by atoms with van der Waals surface area (Å²) < 4.78 is 16.6. The molecule has 0 spiro atoms. The summed E-state index contributed by atoms with van der Waals surface area (Å²) in [5, 5.41) is 0. The summed E-state index contributed by atoms with van der Waals surface area (Å²) in [7, 11) is 1.29. The second-order valence-electron chi connectivity index (χ2n) is 4.91. The van der Waals surface area contributed by atoms with Crippen molar-refractivity contribution >= 4 is 10.2 Å². The van der Waals surface area contributed by atoms with Crippen molar-refractivity contribution in [2.75, 3.05) is 19.8 Å². The molecule has 0 N–H and O–H groups in total. The lowest BCUT2D eigenvalue weighted by Gasteiger charge is -2.21. The third kappa shape index (κ3) is 1.76. The summed E-state index contributed by atoms with van der Waals surface area (Å²) >= 11 is 0. The minimum atomic E-state index is 0.404. The van der Waals surface area contributed by atoms with Crippen molar-refractivity contribution < 1.29 is 14.2 Å². The quantitative estimate of drug-likeness (QED) is 0.477. The van der Waals surface area contributed by atoms with Crippen molar-refractivity contribution in [2.24, 2.45) is 5.92 Å². The lowest BCUT2D eigenvalue weighted by molar-refractivity contribution is 0.0460. The maximum Gasteiger partial charge on any atom is 0.104 e. The molecule has 80 valence electrons. The van der Waals surface area contributed by atoms with Crippen LogP contribution in [0.2, 0.25) is 5.54 Å². The largest absolute Gasteiger partial charge is 0.378 e. The minimum Gasteiger partial charge on any atom is -0.378 e. The highest BCUT2D eigenvalue weighted by atomic mass is 28.1. The van der Waals surface area contributed by atoms with Gasteiger partial charge in [-0.25, -0.2) is 0 Å². The van der Waals surface area contributed by atoms with Crippen LogP contribution in [0.5, 0.6) is 0 Å². The van der Waals surface area contributed by atoms with Crippen molar-refractivity contribution in [3.05, 3.63) is 0 Å². The molecule has 5 unspecified atom stereocenters. The Hall–Kier alpha value is 0.0969. The number of epoxide rings is 1. The van der Waals surface area contributed by atoms with Crippen molar-refractivity contribution in [2.45, 2.75) is 36.7 Å². The molecular weight excluding hydrogens is 196 g/mol. The van der Waals surface area contributed by atoms with E-state index in [-0.39, 0.29) is 0 Å². The molecule has 3 saturated heterocycles. The second-order valence-corrected chi connectivity index (χ2v) is 6.40. The van der Waals surface area contributed by atoms with Crippen LogP contribution in [0.25, 0.3) is 0 Å². The zero-order chi connectivity index (χ0) is 9.54. The highest BCUT2D eigenvalue weighted by Gasteiger charge is 2.45. The molecule has 0 aromatic heterocycles. The fourth-order valence-corrected chi connectivity index (χ4v) is 3.56. The molecule has 5 atom stereocenters. The fraction of sp³-hybridized carbons (Fsp3) is 1.00. The molecule has 2 bridgehead atoms. The Balaban J connectivity index is 1.42. The molecule has 0 aromatic carbocycles. The molecular formula is C10H18O3Si. The van der Waals surface area contributed by atoms with Gasteiger partial charge in [-0.1, -0.05) is 0 Å². The lowest BCUT2D eigenvalue weighted by atomic mass is 9.89. The van der Waals surface area contributed by atoms with Gasteiger partial charge in [0.2, 0.25) is 0 Å². The molecule has 0 amide bonds. The first-order valence-electron chi connectivity index (χ1n) is 5.67. The van der Waals surface area contributed by atoms with Gasteiger partial charge in [0.25, 0.3) is 0 Å². The van der Waals surface area contributed by atoms with Crippen molar-refractivity contribution in [3.63, 3.8) is 0 Å². The van der Waals surface area contributed by atoms with Crippen LogP contribution in [-0.4, -0.2) is 48.4 Å². The second kappa shape index (κ2) is 3.59. The molecule has 3 aliphatic heterocycles. The lowest BCUT2D eigenvalue weighted by Crippen LogP contribution is -2.25. The highest BCUT2D eigenvalue weighted by Crippen LogP contribution is 2.44. The van der Waals surface area contributed by atoms with E-state index in [9.17, 15) is 0 Å². The van der Waals surface area contributed by atoms with E-state index in [1.165, 1.54) is 23.1 Å². The summed E-state index contributed by atoms with van der Waals surface area (Å²) in [6.45, 7) is 2.57. The van der Waals surface area contributed by atoms with Crippen LogP contribution in [0.15, 0.2) is 0 Å². The SMILES string of the molecule is [SiH3]C1CC2OC1CC2COCC1CO1. The summed E-state index contributed by atoms with van der Waals surface area (Å²) in [6.07, 6.45) is 4.04. The molecule has 0 saturated carbocycles. The normalized spacial score (nSPS) is 50.1. The standard InChI is InChI=1S/C10H18O3Si/c14-10-2-8-6(1-9(10)13-8)3-11-4-7-5-12-7/h6-10H,1-5H2,14H3. The van der Waals surface area contributed by atoms with Gasteiger partial charge in [-0.15, -0.1) is 0 Å². The van der Waals surface area contributed by atoms with Crippen LogP contribution in [0.1, 0.15) is 12.8 Å². The summed E-state index contributed by atoms with van der Waals surface area (Å²) in [5.41, 5.74) is 0.906. The topological polar surface area (TPSA) is 31.0 Å². The van der Waals surface area contributed by atoms with E-state index in [0.29, 0.717) is 24.2 Å². The van der Waals surface area contributed by atoms with Crippen LogP contribution in [0, 0.1) is 5.92 Å². The third-order valence-corrected chi connectivity index (χ3v) is 4.90. The van der Waals surface area contributed by atoms with Gasteiger partial charge in [-0.2, -0.15) is 0 Å². The van der Waals surface area contributed by atoms with Crippen LogP contribution in [-0.2, 0) is 14.2 Å². The molecule has 14 heavy (non-hydrogen) atoms. The molecule has 0 aromatic rings. The summed E-state index contributed by atoms with van der Waals surface area (Å²) in [4.78, 5) is 0. The number of fused-ring (bicyclic) bond motifs is 2. The highest BCUT2D eigenvalue weighted by molar-refractivity contribution is 6.12. The molecule has 0 aliphatic carbocycles. The Labute approximate surface area is 87.5 Å². The maximum absolute atomic E-state index is 5.89. The minimum absolute atomic E-state index is 0.404. The van der Waals surface area contributed by atoms with Gasteiger partial charge < -0.3 is 14.2 Å². The van der Waals surface area contributed by atoms with Crippen molar-refractivity contribution in [3.8, 4) is 0 Å². The maximum atomic E-state index is 5.89. The van der Waals surface area contributed by atoms with Gasteiger partial charge >= 0.3 is 0 Å². The van der Waals surface area contributed by atoms with Gasteiger partial charge in [0.15, 0.2) is 0 Å². The summed E-state index contributed by atoms with van der Waals surface area (Å²) in [6, 6.07) is 0. The number of hydrogen-bond donors (Lipinski definition) is 0. The Morgan fingerprint density at radius 3 is 2.64 bits per heavy atom. The molecule has 3 nitrogen and oxygen atoms in total. The Bertz CT molecular complexity index is 217. The van der Waals surface area contributed by atoms with Crippen LogP contribution >= 0.6 is 0 Å². The van der Waals surface area contributed by atoms with E-state index in [4.69, 9.17) is 14.2 Å².